The highest BCUT2D eigenvalue weighted by atomic mass is 35.5. The van der Waals surface area contributed by atoms with Crippen LogP contribution in [-0.2, 0) is 13.2 Å². The molecule has 32 heavy (non-hydrogen) atoms. The van der Waals surface area contributed by atoms with E-state index in [4.69, 9.17) is 32.7 Å². The molecule has 168 valence electrons. The first kappa shape index (κ1) is 23.7. The van der Waals surface area contributed by atoms with E-state index in [9.17, 15) is 10.1 Å². The Morgan fingerprint density at radius 1 is 0.969 bits per heavy atom. The third-order valence-corrected chi connectivity index (χ3v) is 5.17. The normalized spacial score (nSPS) is 10.6. The fourth-order valence-corrected chi connectivity index (χ4v) is 3.46. The van der Waals surface area contributed by atoms with E-state index >= 15 is 0 Å². The minimum atomic E-state index is -0.473. The first-order valence-corrected chi connectivity index (χ1v) is 10.6. The molecule has 0 saturated carbocycles. The summed E-state index contributed by atoms with van der Waals surface area (Å²) in [5.74, 6) is 1.31. The van der Waals surface area contributed by atoms with Gasteiger partial charge in [0.15, 0.2) is 11.5 Å². The van der Waals surface area contributed by atoms with Crippen LogP contribution in [0.3, 0.4) is 0 Å². The summed E-state index contributed by atoms with van der Waals surface area (Å²) in [4.78, 5) is 10.3. The highest BCUT2D eigenvalue weighted by Crippen LogP contribution is 2.29. The monoisotopic (exact) mass is 475 g/mol. The maximum absolute atomic E-state index is 10.8. The summed E-state index contributed by atoms with van der Waals surface area (Å²) in [5.41, 5.74) is 2.64. The number of ether oxygens (including phenoxy) is 2. The van der Waals surface area contributed by atoms with E-state index in [-0.39, 0.29) is 5.69 Å². The van der Waals surface area contributed by atoms with Gasteiger partial charge in [-0.1, -0.05) is 41.4 Å². The Kier molecular flexibility index (Phi) is 8.56. The van der Waals surface area contributed by atoms with Crippen molar-refractivity contribution >= 4 is 34.6 Å². The van der Waals surface area contributed by atoms with Crippen molar-refractivity contribution in [1.29, 1.82) is 0 Å². The van der Waals surface area contributed by atoms with Crippen molar-refractivity contribution in [1.82, 2.24) is 5.32 Å². The number of anilines is 1. The maximum Gasteiger partial charge on any atom is 0.271 e. The van der Waals surface area contributed by atoms with Gasteiger partial charge in [0, 0.05) is 36.8 Å². The summed E-state index contributed by atoms with van der Waals surface area (Å²) in [6, 6.07) is 17.7. The van der Waals surface area contributed by atoms with Gasteiger partial charge >= 0.3 is 0 Å². The SMILES string of the molecule is COc1cc(CNCCNc2ccc([N+](=O)[O-])cc2Cl)ccc1OCc1cccc(Cl)c1. The van der Waals surface area contributed by atoms with E-state index in [1.807, 2.05) is 42.5 Å². The lowest BCUT2D eigenvalue weighted by atomic mass is 10.2. The number of nitrogens with zero attached hydrogens (tertiary/aromatic N) is 1. The fraction of sp³-hybridized carbons (Fsp3) is 0.217. The molecule has 0 amide bonds. The molecule has 3 aromatic carbocycles. The molecule has 0 saturated heterocycles. The van der Waals surface area contributed by atoms with Crippen LogP contribution >= 0.6 is 23.2 Å². The summed E-state index contributed by atoms with van der Waals surface area (Å²) in [6.45, 7) is 2.31. The zero-order valence-corrected chi connectivity index (χ0v) is 18.9. The van der Waals surface area contributed by atoms with E-state index in [0.29, 0.717) is 53.5 Å². The van der Waals surface area contributed by atoms with Gasteiger partial charge in [-0.25, -0.2) is 0 Å². The second-order valence-corrected chi connectivity index (χ2v) is 7.77. The molecule has 0 spiro atoms. The number of benzene rings is 3. The van der Waals surface area contributed by atoms with Crippen LogP contribution in [0.5, 0.6) is 11.5 Å². The lowest BCUT2D eigenvalue weighted by Crippen LogP contribution is -2.21. The molecule has 9 heteroatoms. The number of non-ortho nitro benzene ring substituents is 1. The van der Waals surface area contributed by atoms with Crippen molar-refractivity contribution in [2.45, 2.75) is 13.2 Å². The highest BCUT2D eigenvalue weighted by Gasteiger charge is 2.09. The van der Waals surface area contributed by atoms with Crippen LogP contribution in [0.15, 0.2) is 60.7 Å². The lowest BCUT2D eigenvalue weighted by molar-refractivity contribution is -0.384. The molecule has 0 bridgehead atoms. The average Bonchev–Trinajstić information content (AvgIpc) is 2.78. The Hall–Kier alpha value is -3.00. The van der Waals surface area contributed by atoms with Gasteiger partial charge < -0.3 is 20.1 Å². The van der Waals surface area contributed by atoms with Gasteiger partial charge in [0.05, 0.1) is 22.7 Å². The van der Waals surface area contributed by atoms with Gasteiger partial charge in [-0.2, -0.15) is 0 Å². The van der Waals surface area contributed by atoms with E-state index in [2.05, 4.69) is 10.6 Å². The Morgan fingerprint density at radius 2 is 1.81 bits per heavy atom. The number of nitro benzene ring substituents is 1. The van der Waals surface area contributed by atoms with E-state index in [0.717, 1.165) is 11.1 Å². The predicted octanol–water partition coefficient (Wildman–Crippen LogP) is 5.69. The predicted molar refractivity (Wildman–Crippen MR) is 127 cm³/mol. The fourth-order valence-electron chi connectivity index (χ4n) is 3.01. The summed E-state index contributed by atoms with van der Waals surface area (Å²) in [6.07, 6.45) is 0. The summed E-state index contributed by atoms with van der Waals surface area (Å²) >= 11 is 12.1. The van der Waals surface area contributed by atoms with Crippen molar-refractivity contribution in [2.75, 3.05) is 25.5 Å². The largest absolute Gasteiger partial charge is 0.493 e. The molecule has 2 N–H and O–H groups in total. The van der Waals surface area contributed by atoms with E-state index in [1.165, 1.54) is 12.1 Å². The van der Waals surface area contributed by atoms with Crippen LogP contribution in [0, 0.1) is 10.1 Å². The number of nitrogens with one attached hydrogen (secondary N) is 2. The zero-order valence-electron chi connectivity index (χ0n) is 17.4. The minimum absolute atomic E-state index is 0.0346. The van der Waals surface area contributed by atoms with E-state index in [1.54, 1.807) is 13.2 Å². The molecule has 7 nitrogen and oxygen atoms in total. The molecular formula is C23H23Cl2N3O4. The molecule has 0 aliphatic rings. The van der Waals surface area contributed by atoms with Gasteiger partial charge in [-0.3, -0.25) is 10.1 Å². The van der Waals surface area contributed by atoms with Crippen LogP contribution in [0.2, 0.25) is 10.0 Å². The second-order valence-electron chi connectivity index (χ2n) is 6.93. The number of rotatable bonds is 11. The number of hydrogen-bond donors (Lipinski definition) is 2. The molecule has 0 atom stereocenters. The average molecular weight is 476 g/mol. The molecule has 0 aromatic heterocycles. The van der Waals surface area contributed by atoms with Crippen molar-refractivity contribution in [2.24, 2.45) is 0 Å². The van der Waals surface area contributed by atoms with Crippen LogP contribution in [0.4, 0.5) is 11.4 Å². The molecular weight excluding hydrogens is 453 g/mol. The molecule has 0 radical (unpaired) electrons. The van der Waals surface area contributed by atoms with Crippen molar-refractivity contribution in [3.05, 3.63) is 92.0 Å². The first-order valence-electron chi connectivity index (χ1n) is 9.89. The number of nitro groups is 1. The molecule has 0 aliphatic carbocycles. The van der Waals surface area contributed by atoms with Gasteiger partial charge in [-0.05, 0) is 41.5 Å². The van der Waals surface area contributed by atoms with Crippen molar-refractivity contribution < 1.29 is 14.4 Å². The lowest BCUT2D eigenvalue weighted by Gasteiger charge is -2.13. The van der Waals surface area contributed by atoms with E-state index < -0.39 is 4.92 Å². The highest BCUT2D eigenvalue weighted by molar-refractivity contribution is 6.33. The topological polar surface area (TPSA) is 85.7 Å². The number of methoxy groups -OCH3 is 1. The first-order chi connectivity index (χ1) is 15.5. The summed E-state index contributed by atoms with van der Waals surface area (Å²) < 4.78 is 11.4. The van der Waals surface area contributed by atoms with Gasteiger partial charge in [0.2, 0.25) is 0 Å². The molecule has 3 rings (SSSR count). The number of hydrogen-bond acceptors (Lipinski definition) is 6. The van der Waals surface area contributed by atoms with Crippen LogP contribution in [0.25, 0.3) is 0 Å². The Bertz CT molecular complexity index is 1080. The Balaban J connectivity index is 1.46. The summed E-state index contributed by atoms with van der Waals surface area (Å²) in [7, 11) is 1.61. The van der Waals surface area contributed by atoms with Gasteiger partial charge in [0.25, 0.3) is 5.69 Å². The molecule has 0 unspecified atom stereocenters. The standard InChI is InChI=1S/C23H23Cl2N3O4/c1-31-23-12-16(5-8-22(23)32-15-17-3-2-4-18(24)11-17)14-26-9-10-27-21-7-6-19(28(29)30)13-20(21)25/h2-8,11-13,26-27H,9-10,14-15H2,1H3. The summed E-state index contributed by atoms with van der Waals surface area (Å²) in [5, 5.41) is 18.3. The van der Waals surface area contributed by atoms with Gasteiger partial charge in [-0.15, -0.1) is 0 Å². The third-order valence-electron chi connectivity index (χ3n) is 4.62. The Morgan fingerprint density at radius 3 is 2.53 bits per heavy atom. The molecule has 0 fully saturated rings. The van der Waals surface area contributed by atoms with Crippen molar-refractivity contribution in [3.8, 4) is 11.5 Å². The zero-order chi connectivity index (χ0) is 22.9. The molecule has 0 aliphatic heterocycles. The minimum Gasteiger partial charge on any atom is -0.493 e. The molecule has 0 heterocycles. The maximum atomic E-state index is 10.8. The van der Waals surface area contributed by atoms with Crippen LogP contribution < -0.4 is 20.1 Å². The van der Waals surface area contributed by atoms with Crippen molar-refractivity contribution in [3.63, 3.8) is 0 Å². The van der Waals surface area contributed by atoms with Crippen LogP contribution in [-0.4, -0.2) is 25.1 Å². The Labute approximate surface area is 196 Å². The van der Waals surface area contributed by atoms with Gasteiger partial charge in [0.1, 0.15) is 6.61 Å². The number of halogens is 2. The second kappa shape index (κ2) is 11.6. The third kappa shape index (κ3) is 6.75. The van der Waals surface area contributed by atoms with Crippen LogP contribution in [0.1, 0.15) is 11.1 Å². The smallest absolute Gasteiger partial charge is 0.271 e. The molecule has 3 aromatic rings. The quantitative estimate of drug-likeness (QED) is 0.210.